The SMILES string of the molecule is CC(C)Oc1ccc(Cl)c(CC2CCN(CC3CNc4ccccc4C3)CC2)c1. The van der Waals surface area contributed by atoms with E-state index in [1.165, 1.54) is 55.7 Å². The van der Waals surface area contributed by atoms with E-state index in [9.17, 15) is 0 Å². The summed E-state index contributed by atoms with van der Waals surface area (Å²) in [5, 5.41) is 4.49. The molecule has 0 spiro atoms. The molecule has 0 radical (unpaired) electrons. The molecule has 1 fully saturated rings. The summed E-state index contributed by atoms with van der Waals surface area (Å²) in [6.45, 7) is 8.81. The highest BCUT2D eigenvalue weighted by molar-refractivity contribution is 6.31. The van der Waals surface area contributed by atoms with E-state index >= 15 is 0 Å². The van der Waals surface area contributed by atoms with Gasteiger partial charge in [0.1, 0.15) is 5.75 Å². The summed E-state index contributed by atoms with van der Waals surface area (Å²) in [7, 11) is 0. The number of hydrogen-bond donors (Lipinski definition) is 1. The number of anilines is 1. The van der Waals surface area contributed by atoms with Crippen LogP contribution in [0, 0.1) is 11.8 Å². The normalized spacial score (nSPS) is 20.3. The molecule has 1 saturated heterocycles. The Morgan fingerprint density at radius 1 is 1.10 bits per heavy atom. The lowest BCUT2D eigenvalue weighted by atomic mass is 9.88. The van der Waals surface area contributed by atoms with Crippen molar-refractivity contribution >= 4 is 17.3 Å². The molecule has 2 aliphatic rings. The average molecular weight is 413 g/mol. The minimum absolute atomic E-state index is 0.188. The summed E-state index contributed by atoms with van der Waals surface area (Å²) in [5.41, 5.74) is 4.02. The van der Waals surface area contributed by atoms with Gasteiger partial charge in [0.15, 0.2) is 0 Å². The Hall–Kier alpha value is -1.71. The highest BCUT2D eigenvalue weighted by Gasteiger charge is 2.25. The topological polar surface area (TPSA) is 24.5 Å². The lowest BCUT2D eigenvalue weighted by Gasteiger charge is -2.36. The minimum Gasteiger partial charge on any atom is -0.491 e. The van der Waals surface area contributed by atoms with Crippen LogP contribution < -0.4 is 10.1 Å². The molecule has 0 aromatic heterocycles. The molecule has 1 unspecified atom stereocenters. The molecule has 4 heteroatoms. The van der Waals surface area contributed by atoms with E-state index in [-0.39, 0.29) is 6.10 Å². The Morgan fingerprint density at radius 3 is 2.69 bits per heavy atom. The van der Waals surface area contributed by atoms with Gasteiger partial charge in [0, 0.05) is 23.8 Å². The van der Waals surface area contributed by atoms with E-state index in [0.29, 0.717) is 11.8 Å². The first-order chi connectivity index (χ1) is 14.1. The first-order valence-corrected chi connectivity index (χ1v) is 11.4. The zero-order valence-corrected chi connectivity index (χ0v) is 18.4. The van der Waals surface area contributed by atoms with Gasteiger partial charge in [0.25, 0.3) is 0 Å². The zero-order chi connectivity index (χ0) is 20.2. The van der Waals surface area contributed by atoms with E-state index in [4.69, 9.17) is 16.3 Å². The number of rotatable bonds is 6. The minimum atomic E-state index is 0.188. The number of nitrogens with zero attached hydrogens (tertiary/aromatic N) is 1. The van der Waals surface area contributed by atoms with E-state index in [2.05, 4.69) is 54.4 Å². The second-order valence-corrected chi connectivity index (χ2v) is 9.38. The van der Waals surface area contributed by atoms with Crippen molar-refractivity contribution in [2.45, 2.75) is 45.6 Å². The lowest BCUT2D eigenvalue weighted by molar-refractivity contribution is 0.161. The van der Waals surface area contributed by atoms with Crippen LogP contribution in [0.2, 0.25) is 5.02 Å². The lowest BCUT2D eigenvalue weighted by Crippen LogP contribution is -2.40. The number of nitrogens with one attached hydrogen (secondary N) is 1. The first-order valence-electron chi connectivity index (χ1n) is 11.1. The van der Waals surface area contributed by atoms with Crippen LogP contribution in [0.15, 0.2) is 42.5 Å². The number of fused-ring (bicyclic) bond motifs is 1. The van der Waals surface area contributed by atoms with E-state index in [1.807, 2.05) is 12.1 Å². The second kappa shape index (κ2) is 9.40. The number of likely N-dealkylation sites (tertiary alicyclic amines) is 1. The van der Waals surface area contributed by atoms with Crippen LogP contribution in [0.25, 0.3) is 0 Å². The third-order valence-electron chi connectivity index (χ3n) is 6.23. The Balaban J connectivity index is 1.27. The van der Waals surface area contributed by atoms with E-state index in [1.54, 1.807) is 0 Å². The average Bonchev–Trinajstić information content (AvgIpc) is 2.71. The number of piperidine rings is 1. The van der Waals surface area contributed by atoms with Gasteiger partial charge in [-0.15, -0.1) is 0 Å². The number of hydrogen-bond acceptors (Lipinski definition) is 3. The predicted octanol–water partition coefficient (Wildman–Crippen LogP) is 5.67. The van der Waals surface area contributed by atoms with Crippen molar-refractivity contribution in [1.29, 1.82) is 0 Å². The van der Waals surface area contributed by atoms with Crippen LogP contribution in [0.3, 0.4) is 0 Å². The molecule has 0 aliphatic carbocycles. The maximum atomic E-state index is 6.48. The van der Waals surface area contributed by atoms with Gasteiger partial charge in [-0.3, -0.25) is 0 Å². The summed E-state index contributed by atoms with van der Waals surface area (Å²) >= 11 is 6.48. The Labute approximate surface area is 180 Å². The summed E-state index contributed by atoms with van der Waals surface area (Å²) in [6.07, 6.45) is 4.94. The van der Waals surface area contributed by atoms with Gasteiger partial charge in [-0.25, -0.2) is 0 Å². The molecule has 1 atom stereocenters. The molecule has 2 aliphatic heterocycles. The van der Waals surface area contributed by atoms with Gasteiger partial charge in [-0.1, -0.05) is 29.8 Å². The van der Waals surface area contributed by atoms with Crippen molar-refractivity contribution in [2.75, 3.05) is 31.5 Å². The molecular formula is C25H33ClN2O. The quantitative estimate of drug-likeness (QED) is 0.661. The molecule has 2 aromatic rings. The molecule has 2 aromatic carbocycles. The Kier molecular flexibility index (Phi) is 6.67. The van der Waals surface area contributed by atoms with Crippen LogP contribution in [-0.4, -0.2) is 37.2 Å². The predicted molar refractivity (Wildman–Crippen MR) is 122 cm³/mol. The summed E-state index contributed by atoms with van der Waals surface area (Å²) in [5.74, 6) is 2.35. The molecule has 3 nitrogen and oxygen atoms in total. The van der Waals surface area contributed by atoms with E-state index in [0.717, 1.165) is 23.7 Å². The molecule has 0 saturated carbocycles. The second-order valence-electron chi connectivity index (χ2n) is 8.98. The van der Waals surface area contributed by atoms with Crippen molar-refractivity contribution < 1.29 is 4.74 Å². The molecule has 0 bridgehead atoms. The van der Waals surface area contributed by atoms with Crippen LogP contribution in [0.4, 0.5) is 5.69 Å². The molecule has 0 amide bonds. The van der Waals surface area contributed by atoms with Crippen molar-refractivity contribution in [3.63, 3.8) is 0 Å². The summed E-state index contributed by atoms with van der Waals surface area (Å²) in [4.78, 5) is 2.66. The van der Waals surface area contributed by atoms with Gasteiger partial charge in [0.05, 0.1) is 6.10 Å². The van der Waals surface area contributed by atoms with E-state index < -0.39 is 0 Å². The number of ether oxygens (including phenoxy) is 1. The Bertz CT molecular complexity index is 814. The van der Waals surface area contributed by atoms with Gasteiger partial charge < -0.3 is 15.0 Å². The molecule has 156 valence electrons. The van der Waals surface area contributed by atoms with Crippen molar-refractivity contribution in [3.05, 3.63) is 58.6 Å². The van der Waals surface area contributed by atoms with Crippen LogP contribution >= 0.6 is 11.6 Å². The number of halogens is 1. The van der Waals surface area contributed by atoms with Crippen molar-refractivity contribution in [1.82, 2.24) is 4.90 Å². The van der Waals surface area contributed by atoms with Crippen molar-refractivity contribution in [2.24, 2.45) is 11.8 Å². The van der Waals surface area contributed by atoms with Gasteiger partial charge >= 0.3 is 0 Å². The smallest absolute Gasteiger partial charge is 0.120 e. The molecule has 4 rings (SSSR count). The fourth-order valence-electron chi connectivity index (χ4n) is 4.74. The third kappa shape index (κ3) is 5.46. The first kappa shape index (κ1) is 20.6. The van der Waals surface area contributed by atoms with Gasteiger partial charge in [-0.2, -0.15) is 0 Å². The fourth-order valence-corrected chi connectivity index (χ4v) is 4.93. The number of benzene rings is 2. The van der Waals surface area contributed by atoms with Crippen LogP contribution in [-0.2, 0) is 12.8 Å². The fraction of sp³-hybridized carbons (Fsp3) is 0.520. The van der Waals surface area contributed by atoms with Crippen LogP contribution in [0.1, 0.15) is 37.8 Å². The molecule has 2 heterocycles. The third-order valence-corrected chi connectivity index (χ3v) is 6.60. The highest BCUT2D eigenvalue weighted by atomic mass is 35.5. The Morgan fingerprint density at radius 2 is 1.90 bits per heavy atom. The van der Waals surface area contributed by atoms with Crippen molar-refractivity contribution in [3.8, 4) is 5.75 Å². The van der Waals surface area contributed by atoms with Gasteiger partial charge in [0.2, 0.25) is 0 Å². The molecular weight excluding hydrogens is 380 g/mol. The molecule has 29 heavy (non-hydrogen) atoms. The highest BCUT2D eigenvalue weighted by Crippen LogP contribution is 2.30. The van der Waals surface area contributed by atoms with Gasteiger partial charge in [-0.05, 0) is 99.8 Å². The maximum Gasteiger partial charge on any atom is 0.120 e. The largest absolute Gasteiger partial charge is 0.491 e. The van der Waals surface area contributed by atoms with Crippen LogP contribution in [0.5, 0.6) is 5.75 Å². The summed E-state index contributed by atoms with van der Waals surface area (Å²) < 4.78 is 5.85. The summed E-state index contributed by atoms with van der Waals surface area (Å²) in [6, 6.07) is 14.8. The zero-order valence-electron chi connectivity index (χ0n) is 17.7. The maximum absolute atomic E-state index is 6.48. The number of para-hydroxylation sites is 1. The molecule has 1 N–H and O–H groups in total. The monoisotopic (exact) mass is 412 g/mol. The standard InChI is InChI=1S/C25H33ClN2O/c1-18(2)29-23-7-8-24(26)22(15-23)13-19-9-11-28(12-10-19)17-20-14-21-5-3-4-6-25(21)27-16-20/h3-8,15,18-20,27H,9-14,16-17H2,1-2H3.